The Hall–Kier alpha value is -3.30. The van der Waals surface area contributed by atoms with Crippen LogP contribution in [0.5, 0.6) is 11.5 Å². The average Bonchev–Trinajstić information content (AvgIpc) is 2.86. The first kappa shape index (κ1) is 32.7. The van der Waals surface area contributed by atoms with Crippen molar-refractivity contribution in [3.8, 4) is 11.5 Å². The summed E-state index contributed by atoms with van der Waals surface area (Å²) in [6.45, 7) is 7.70. The third kappa shape index (κ3) is 12.3. The summed E-state index contributed by atoms with van der Waals surface area (Å²) in [4.78, 5) is 46.6. The van der Waals surface area contributed by atoms with E-state index in [2.05, 4.69) is 0 Å². The molecule has 38 heavy (non-hydrogen) atoms. The molecule has 1 aromatic carbocycles. The van der Waals surface area contributed by atoms with E-state index >= 15 is 0 Å². The van der Waals surface area contributed by atoms with Gasteiger partial charge < -0.3 is 28.8 Å². The van der Waals surface area contributed by atoms with Crippen molar-refractivity contribution in [3.63, 3.8) is 0 Å². The first-order chi connectivity index (χ1) is 18.2. The molecule has 0 aliphatic carbocycles. The highest BCUT2D eigenvalue weighted by Crippen LogP contribution is 2.36. The molecule has 10 heteroatoms. The van der Waals surface area contributed by atoms with E-state index in [0.717, 1.165) is 38.5 Å². The maximum Gasteiger partial charge on any atom is 0.342 e. The summed E-state index contributed by atoms with van der Waals surface area (Å²) < 4.78 is 26.9. The summed E-state index contributed by atoms with van der Waals surface area (Å²) in [6.07, 6.45) is 6.49. The van der Waals surface area contributed by atoms with Crippen molar-refractivity contribution in [1.82, 2.24) is 0 Å². The number of aromatic carboxylic acids is 1. The standard InChI is InChI=1S/C28H42O10/c1-5-22-25(27(31)32)24(37-17-13-9-7-11-15-35-20(3)29)19-23(28(33)34-6-2)26(22)38-18-14-10-8-12-16-36-21(4)30/h19H,5-18H2,1-4H3,(H,31,32). The van der Waals surface area contributed by atoms with Crippen molar-refractivity contribution in [2.24, 2.45) is 0 Å². The Balaban J connectivity index is 2.91. The summed E-state index contributed by atoms with van der Waals surface area (Å²) in [5, 5.41) is 9.98. The van der Waals surface area contributed by atoms with Crippen molar-refractivity contribution >= 4 is 23.9 Å². The van der Waals surface area contributed by atoms with E-state index in [1.54, 1.807) is 13.8 Å². The molecule has 0 fully saturated rings. The molecule has 0 atom stereocenters. The van der Waals surface area contributed by atoms with Crippen LogP contribution in [0.2, 0.25) is 0 Å². The summed E-state index contributed by atoms with van der Waals surface area (Å²) in [7, 11) is 0. The molecular formula is C28H42O10. The molecule has 1 aromatic rings. The number of unbranched alkanes of at least 4 members (excludes halogenated alkanes) is 6. The van der Waals surface area contributed by atoms with Gasteiger partial charge in [0.2, 0.25) is 0 Å². The minimum atomic E-state index is -1.16. The van der Waals surface area contributed by atoms with Crippen molar-refractivity contribution in [2.75, 3.05) is 33.0 Å². The van der Waals surface area contributed by atoms with Gasteiger partial charge in [-0.25, -0.2) is 9.59 Å². The fourth-order valence-corrected chi connectivity index (χ4v) is 3.81. The largest absolute Gasteiger partial charge is 0.493 e. The Morgan fingerprint density at radius 3 is 1.66 bits per heavy atom. The van der Waals surface area contributed by atoms with Crippen LogP contribution in [-0.2, 0) is 30.2 Å². The van der Waals surface area contributed by atoms with Gasteiger partial charge in [0.25, 0.3) is 0 Å². The fraction of sp³-hybridized carbons (Fsp3) is 0.643. The number of rotatable bonds is 20. The number of hydrogen-bond acceptors (Lipinski definition) is 9. The Kier molecular flexibility index (Phi) is 16.3. The number of carbonyl (C=O) groups excluding carboxylic acids is 3. The zero-order chi connectivity index (χ0) is 28.3. The molecule has 0 bridgehead atoms. The minimum Gasteiger partial charge on any atom is -0.493 e. The van der Waals surface area contributed by atoms with E-state index in [4.69, 9.17) is 23.7 Å². The third-order valence-electron chi connectivity index (χ3n) is 5.60. The smallest absolute Gasteiger partial charge is 0.342 e. The van der Waals surface area contributed by atoms with Crippen LogP contribution in [0.25, 0.3) is 0 Å². The molecule has 0 unspecified atom stereocenters. The molecule has 10 nitrogen and oxygen atoms in total. The Labute approximate surface area is 224 Å². The van der Waals surface area contributed by atoms with Crippen molar-refractivity contribution < 1.29 is 48.0 Å². The second kappa shape index (κ2) is 18.9. The zero-order valence-electron chi connectivity index (χ0n) is 23.1. The molecule has 0 spiro atoms. The van der Waals surface area contributed by atoms with E-state index < -0.39 is 11.9 Å². The van der Waals surface area contributed by atoms with Crippen LogP contribution < -0.4 is 9.47 Å². The Bertz CT molecular complexity index is 909. The molecule has 0 aromatic heterocycles. The third-order valence-corrected chi connectivity index (χ3v) is 5.60. The highest BCUT2D eigenvalue weighted by atomic mass is 16.5. The molecule has 0 heterocycles. The Morgan fingerprint density at radius 1 is 0.711 bits per heavy atom. The number of benzene rings is 1. The van der Waals surface area contributed by atoms with Crippen LogP contribution in [0.15, 0.2) is 6.07 Å². The Morgan fingerprint density at radius 2 is 1.21 bits per heavy atom. The van der Waals surface area contributed by atoms with E-state index in [1.165, 1.54) is 19.9 Å². The van der Waals surface area contributed by atoms with E-state index in [9.17, 15) is 24.3 Å². The minimum absolute atomic E-state index is 0.0215. The summed E-state index contributed by atoms with van der Waals surface area (Å²) in [5.74, 6) is -2.06. The van der Waals surface area contributed by atoms with Gasteiger partial charge in [-0.2, -0.15) is 0 Å². The number of esters is 3. The van der Waals surface area contributed by atoms with Gasteiger partial charge in [-0.05, 0) is 70.8 Å². The van der Waals surface area contributed by atoms with Gasteiger partial charge in [-0.1, -0.05) is 6.92 Å². The molecule has 0 amide bonds. The van der Waals surface area contributed by atoms with Gasteiger partial charge >= 0.3 is 23.9 Å². The maximum absolute atomic E-state index is 12.8. The first-order valence-corrected chi connectivity index (χ1v) is 13.3. The van der Waals surface area contributed by atoms with Crippen LogP contribution in [0.1, 0.15) is 105 Å². The molecule has 214 valence electrons. The van der Waals surface area contributed by atoms with Crippen LogP contribution in [-0.4, -0.2) is 62.0 Å². The van der Waals surface area contributed by atoms with Crippen LogP contribution in [0.4, 0.5) is 0 Å². The van der Waals surface area contributed by atoms with Gasteiger partial charge in [0.1, 0.15) is 22.6 Å². The molecule has 0 radical (unpaired) electrons. The number of carboxylic acid groups (broad SMARTS) is 1. The number of carboxylic acids is 1. The lowest BCUT2D eigenvalue weighted by atomic mass is 9.98. The quantitative estimate of drug-likeness (QED) is 0.135. The monoisotopic (exact) mass is 538 g/mol. The lowest BCUT2D eigenvalue weighted by Crippen LogP contribution is -2.16. The molecule has 0 saturated carbocycles. The van der Waals surface area contributed by atoms with Crippen molar-refractivity contribution in [3.05, 3.63) is 22.8 Å². The molecular weight excluding hydrogens is 496 g/mol. The summed E-state index contributed by atoms with van der Waals surface area (Å²) in [6, 6.07) is 1.40. The molecule has 0 aliphatic heterocycles. The summed E-state index contributed by atoms with van der Waals surface area (Å²) in [5.41, 5.74) is 0.501. The van der Waals surface area contributed by atoms with Gasteiger partial charge in [-0.15, -0.1) is 0 Å². The second-order valence-corrected chi connectivity index (χ2v) is 8.69. The van der Waals surface area contributed by atoms with Crippen LogP contribution in [0, 0.1) is 0 Å². The topological polar surface area (TPSA) is 135 Å². The SMILES string of the molecule is CCOC(=O)c1cc(OCCCCCCOC(C)=O)c(C(=O)O)c(CC)c1OCCCCCCOC(C)=O. The highest BCUT2D eigenvalue weighted by molar-refractivity contribution is 5.99. The van der Waals surface area contributed by atoms with Gasteiger partial charge in [0.15, 0.2) is 0 Å². The van der Waals surface area contributed by atoms with Gasteiger partial charge in [0.05, 0.1) is 33.0 Å². The molecule has 1 rings (SSSR count). The maximum atomic E-state index is 12.8. The van der Waals surface area contributed by atoms with Crippen LogP contribution in [0.3, 0.4) is 0 Å². The van der Waals surface area contributed by atoms with E-state index in [-0.39, 0.29) is 47.8 Å². The number of carbonyl (C=O) groups is 4. The highest BCUT2D eigenvalue weighted by Gasteiger charge is 2.27. The number of ether oxygens (including phenoxy) is 5. The van der Waals surface area contributed by atoms with Crippen molar-refractivity contribution in [1.29, 1.82) is 0 Å². The van der Waals surface area contributed by atoms with Gasteiger partial charge in [-0.3, -0.25) is 9.59 Å². The zero-order valence-corrected chi connectivity index (χ0v) is 23.1. The van der Waals surface area contributed by atoms with Crippen LogP contribution >= 0.6 is 0 Å². The predicted octanol–water partition coefficient (Wildman–Crippen LogP) is 5.13. The van der Waals surface area contributed by atoms with Gasteiger partial charge in [0, 0.05) is 19.4 Å². The summed E-state index contributed by atoms with van der Waals surface area (Å²) >= 11 is 0. The normalized spacial score (nSPS) is 10.5. The fourth-order valence-electron chi connectivity index (χ4n) is 3.81. The predicted molar refractivity (Wildman–Crippen MR) is 140 cm³/mol. The molecule has 0 aliphatic rings. The van der Waals surface area contributed by atoms with Crippen molar-refractivity contribution in [2.45, 2.75) is 85.5 Å². The molecule has 1 N–H and O–H groups in total. The van der Waals surface area contributed by atoms with E-state index in [1.807, 2.05) is 0 Å². The lowest BCUT2D eigenvalue weighted by Gasteiger charge is -2.20. The molecule has 0 saturated heterocycles. The number of hydrogen-bond donors (Lipinski definition) is 1. The lowest BCUT2D eigenvalue weighted by molar-refractivity contribution is -0.142. The van der Waals surface area contributed by atoms with E-state index in [0.29, 0.717) is 44.6 Å². The first-order valence-electron chi connectivity index (χ1n) is 13.3. The second-order valence-electron chi connectivity index (χ2n) is 8.69. The average molecular weight is 539 g/mol.